The predicted molar refractivity (Wildman–Crippen MR) is 82.4 cm³/mol. The molecule has 4 nitrogen and oxygen atoms in total. The van der Waals surface area contributed by atoms with E-state index in [-0.39, 0.29) is 4.75 Å². The maximum Gasteiger partial charge on any atom is 0.167 e. The van der Waals surface area contributed by atoms with Gasteiger partial charge in [0.15, 0.2) is 5.76 Å². The van der Waals surface area contributed by atoms with E-state index in [4.69, 9.17) is 16.1 Å². The van der Waals surface area contributed by atoms with E-state index >= 15 is 0 Å². The molecule has 0 N–H and O–H groups in total. The van der Waals surface area contributed by atoms with E-state index in [0.717, 1.165) is 5.56 Å². The summed E-state index contributed by atoms with van der Waals surface area (Å²) in [4.78, 5) is 0. The zero-order valence-corrected chi connectivity index (χ0v) is 13.0. The van der Waals surface area contributed by atoms with Crippen LogP contribution in [0.15, 0.2) is 39.3 Å². The van der Waals surface area contributed by atoms with Crippen LogP contribution in [0.4, 0.5) is 0 Å². The van der Waals surface area contributed by atoms with Crippen molar-refractivity contribution in [2.75, 3.05) is 0 Å². The van der Waals surface area contributed by atoms with Crippen molar-refractivity contribution < 1.29 is 9.08 Å². The summed E-state index contributed by atoms with van der Waals surface area (Å²) in [6.45, 7) is 5.59. The molecule has 0 fully saturated rings. The molecule has 0 amide bonds. The summed E-state index contributed by atoms with van der Waals surface area (Å²) in [5.74, 6) is 0.615. The Labute approximate surface area is 126 Å². The van der Waals surface area contributed by atoms with Crippen LogP contribution in [-0.2, 0) is 11.4 Å². The number of nitrogens with zero attached hydrogens (tertiary/aromatic N) is 2. The average molecular weight is 311 g/mol. The summed E-state index contributed by atoms with van der Waals surface area (Å²) < 4.78 is 20.6. The van der Waals surface area contributed by atoms with Gasteiger partial charge in [-0.25, -0.2) is 0 Å². The third kappa shape index (κ3) is 3.85. The number of aromatic nitrogens is 1. The smallest absolute Gasteiger partial charge is 0.167 e. The van der Waals surface area contributed by atoms with Crippen molar-refractivity contribution in [3.63, 3.8) is 0 Å². The number of hydrogen-bond acceptors (Lipinski definition) is 4. The Bertz CT molecular complexity index is 602. The minimum atomic E-state index is -1.31. The topological polar surface area (TPSA) is 61.5 Å². The fourth-order valence-corrected chi connectivity index (χ4v) is 2.01. The molecule has 2 rings (SSSR count). The molecule has 0 aliphatic carbocycles. The van der Waals surface area contributed by atoms with Crippen molar-refractivity contribution in [2.45, 2.75) is 25.5 Å². The largest absolute Gasteiger partial charge is 0.591 e. The van der Waals surface area contributed by atoms with Crippen molar-refractivity contribution in [3.05, 3.63) is 41.0 Å². The summed E-state index contributed by atoms with van der Waals surface area (Å²) in [6.07, 6.45) is 1.46. The molecule has 1 atom stereocenters. The monoisotopic (exact) mass is 310 g/mol. The van der Waals surface area contributed by atoms with Gasteiger partial charge in [0.2, 0.25) is 0 Å². The molecule has 0 aliphatic heterocycles. The average Bonchev–Trinajstić information content (AvgIpc) is 2.84. The molecule has 0 bridgehead atoms. The molecular formula is C14H15ClN2O2S. The zero-order chi connectivity index (χ0) is 14.8. The third-order valence-electron chi connectivity index (χ3n) is 2.46. The first-order valence-electron chi connectivity index (χ1n) is 6.05. The van der Waals surface area contributed by atoms with Gasteiger partial charge in [-0.05, 0) is 45.0 Å². The highest BCUT2D eigenvalue weighted by molar-refractivity contribution is 7.91. The van der Waals surface area contributed by atoms with E-state index in [1.54, 1.807) is 18.2 Å². The highest BCUT2D eigenvalue weighted by Gasteiger charge is 2.25. The summed E-state index contributed by atoms with van der Waals surface area (Å²) in [6, 6.07) is 8.99. The summed E-state index contributed by atoms with van der Waals surface area (Å²) in [7, 11) is 0. The minimum absolute atomic E-state index is 0.390. The lowest BCUT2D eigenvalue weighted by Crippen LogP contribution is -2.25. The van der Waals surface area contributed by atoms with Gasteiger partial charge in [-0.3, -0.25) is 0 Å². The van der Waals surface area contributed by atoms with Crippen LogP contribution >= 0.6 is 11.6 Å². The van der Waals surface area contributed by atoms with Crippen LogP contribution in [0.25, 0.3) is 11.3 Å². The third-order valence-corrected chi connectivity index (χ3v) is 4.06. The molecule has 6 heteroatoms. The van der Waals surface area contributed by atoms with E-state index in [2.05, 4.69) is 9.55 Å². The summed E-state index contributed by atoms with van der Waals surface area (Å²) >= 11 is 4.52. The van der Waals surface area contributed by atoms with E-state index < -0.39 is 11.4 Å². The quantitative estimate of drug-likeness (QED) is 0.638. The van der Waals surface area contributed by atoms with Crippen molar-refractivity contribution in [3.8, 4) is 11.3 Å². The second kappa shape index (κ2) is 5.99. The van der Waals surface area contributed by atoms with Crippen LogP contribution < -0.4 is 0 Å². The molecule has 1 heterocycles. The fourth-order valence-electron chi connectivity index (χ4n) is 1.36. The van der Waals surface area contributed by atoms with Crippen molar-refractivity contribution in [1.29, 1.82) is 0 Å². The molecule has 20 heavy (non-hydrogen) atoms. The van der Waals surface area contributed by atoms with Crippen LogP contribution in [0, 0.1) is 0 Å². The number of benzene rings is 1. The van der Waals surface area contributed by atoms with E-state index in [1.165, 1.54) is 6.21 Å². The SMILES string of the molecule is CC(C)(C)[S+]([O-])/N=C/c1cc(-c2ccc(Cl)cc2)on1. The lowest BCUT2D eigenvalue weighted by molar-refractivity contribution is 0.431. The maximum absolute atomic E-state index is 11.8. The van der Waals surface area contributed by atoms with Gasteiger partial charge in [0.25, 0.3) is 0 Å². The standard InChI is InChI=1S/C14H15ClN2O2S/c1-14(2,3)20(18)16-9-12-8-13(19-17-12)10-4-6-11(15)7-5-10/h4-9H,1-3H3/b16-9+. The first kappa shape index (κ1) is 15.1. The van der Waals surface area contributed by atoms with Crippen LogP contribution in [0.2, 0.25) is 5.02 Å². The number of halogens is 1. The van der Waals surface area contributed by atoms with Crippen LogP contribution in [-0.4, -0.2) is 20.7 Å². The number of hydrogen-bond donors (Lipinski definition) is 0. The Kier molecular flexibility index (Phi) is 4.52. The Morgan fingerprint density at radius 2 is 1.95 bits per heavy atom. The normalized spacial score (nSPS) is 13.8. The van der Waals surface area contributed by atoms with Gasteiger partial charge in [0.1, 0.15) is 28.0 Å². The molecule has 2 aromatic rings. The van der Waals surface area contributed by atoms with Crippen molar-refractivity contribution >= 4 is 29.2 Å². The predicted octanol–water partition coefficient (Wildman–Crippen LogP) is 3.88. The van der Waals surface area contributed by atoms with Gasteiger partial charge in [-0.15, -0.1) is 0 Å². The van der Waals surface area contributed by atoms with E-state index in [1.807, 2.05) is 32.9 Å². The lowest BCUT2D eigenvalue weighted by atomic mass is 10.2. The molecule has 106 valence electrons. The van der Waals surface area contributed by atoms with Crippen LogP contribution in [0.1, 0.15) is 26.5 Å². The van der Waals surface area contributed by atoms with Gasteiger partial charge in [0.05, 0.1) is 0 Å². The molecule has 0 aliphatic rings. The van der Waals surface area contributed by atoms with Gasteiger partial charge < -0.3 is 9.08 Å². The fraction of sp³-hybridized carbons (Fsp3) is 0.286. The molecule has 0 radical (unpaired) electrons. The van der Waals surface area contributed by atoms with Crippen LogP contribution in [0.3, 0.4) is 0 Å². The summed E-state index contributed by atoms with van der Waals surface area (Å²) in [5.41, 5.74) is 1.41. The second-order valence-electron chi connectivity index (χ2n) is 5.22. The summed E-state index contributed by atoms with van der Waals surface area (Å²) in [5, 5.41) is 4.54. The molecule has 1 aromatic heterocycles. The van der Waals surface area contributed by atoms with Crippen molar-refractivity contribution in [1.82, 2.24) is 5.16 Å². The van der Waals surface area contributed by atoms with E-state index in [0.29, 0.717) is 16.5 Å². The van der Waals surface area contributed by atoms with Gasteiger partial charge in [-0.1, -0.05) is 21.2 Å². The highest BCUT2D eigenvalue weighted by atomic mass is 35.5. The highest BCUT2D eigenvalue weighted by Crippen LogP contribution is 2.22. The maximum atomic E-state index is 11.8. The first-order chi connectivity index (χ1) is 9.36. The Hall–Kier alpha value is -1.30. The second-order valence-corrected chi connectivity index (χ2v) is 7.59. The number of rotatable bonds is 3. The van der Waals surface area contributed by atoms with Crippen LogP contribution in [0.5, 0.6) is 0 Å². The molecular weight excluding hydrogens is 296 g/mol. The van der Waals surface area contributed by atoms with E-state index in [9.17, 15) is 4.55 Å². The minimum Gasteiger partial charge on any atom is -0.591 e. The van der Waals surface area contributed by atoms with Gasteiger partial charge in [0, 0.05) is 16.7 Å². The molecule has 0 saturated heterocycles. The molecule has 1 unspecified atom stereocenters. The molecule has 0 spiro atoms. The lowest BCUT2D eigenvalue weighted by Gasteiger charge is -2.17. The molecule has 0 saturated carbocycles. The van der Waals surface area contributed by atoms with Gasteiger partial charge >= 0.3 is 0 Å². The van der Waals surface area contributed by atoms with Gasteiger partial charge in [-0.2, -0.15) is 0 Å². The Morgan fingerprint density at radius 3 is 2.55 bits per heavy atom. The Balaban J connectivity index is 2.13. The first-order valence-corrected chi connectivity index (χ1v) is 7.53. The zero-order valence-electron chi connectivity index (χ0n) is 11.5. The molecule has 1 aromatic carbocycles. The van der Waals surface area contributed by atoms with Crippen molar-refractivity contribution in [2.24, 2.45) is 4.40 Å². The Morgan fingerprint density at radius 1 is 1.30 bits per heavy atom.